The molecule has 2 aromatic rings. The number of hydrogen-bond acceptors (Lipinski definition) is 4. The molecule has 2 aromatic carbocycles. The van der Waals surface area contributed by atoms with E-state index in [1.807, 2.05) is 18.2 Å². The van der Waals surface area contributed by atoms with Gasteiger partial charge in [0.1, 0.15) is 0 Å². The number of hydrogen-bond donors (Lipinski definition) is 1. The van der Waals surface area contributed by atoms with Crippen LogP contribution in [-0.2, 0) is 16.4 Å². The van der Waals surface area contributed by atoms with E-state index in [-0.39, 0.29) is 4.90 Å². The fourth-order valence-electron chi connectivity index (χ4n) is 4.11. The van der Waals surface area contributed by atoms with Crippen molar-refractivity contribution in [1.29, 1.82) is 0 Å². The quantitative estimate of drug-likeness (QED) is 0.599. The molecule has 158 valence electrons. The molecule has 1 saturated heterocycles. The zero-order valence-corrected chi connectivity index (χ0v) is 17.8. The van der Waals surface area contributed by atoms with Gasteiger partial charge >= 0.3 is 0 Å². The van der Waals surface area contributed by atoms with Crippen molar-refractivity contribution >= 4 is 21.6 Å². The molecule has 0 unspecified atom stereocenters. The van der Waals surface area contributed by atoms with E-state index in [1.54, 1.807) is 18.2 Å². The Hall–Kier alpha value is -2.51. The molecule has 0 spiro atoms. The summed E-state index contributed by atoms with van der Waals surface area (Å²) in [6.07, 6.45) is 6.74. The summed E-state index contributed by atoms with van der Waals surface area (Å²) in [5.74, 6) is -0.403. The Balaban J connectivity index is 1.53. The van der Waals surface area contributed by atoms with Crippen LogP contribution in [0.2, 0.25) is 0 Å². The van der Waals surface area contributed by atoms with Crippen LogP contribution in [0.3, 0.4) is 0 Å². The van der Waals surface area contributed by atoms with Crippen molar-refractivity contribution in [3.8, 4) is 0 Å². The average molecular weight is 426 g/mol. The van der Waals surface area contributed by atoms with Crippen LogP contribution in [0.4, 0.5) is 0 Å². The Morgan fingerprint density at radius 3 is 2.50 bits per heavy atom. The normalized spacial score (nSPS) is 19.1. The van der Waals surface area contributed by atoms with Crippen LogP contribution >= 0.6 is 0 Å². The van der Waals surface area contributed by atoms with Crippen LogP contribution < -0.4 is 5.43 Å². The Kier molecular flexibility index (Phi) is 6.29. The SMILES string of the molecule is O=C(N/N=C1\CCCCc2ccccc21)c1cccc(S(=O)(=O)N2CCCCC2)c1. The minimum Gasteiger partial charge on any atom is -0.267 e. The molecule has 1 aliphatic heterocycles. The van der Waals surface area contributed by atoms with Gasteiger partial charge in [-0.2, -0.15) is 9.41 Å². The summed E-state index contributed by atoms with van der Waals surface area (Å²) in [5.41, 5.74) is 6.12. The lowest BCUT2D eigenvalue weighted by Gasteiger charge is -2.25. The molecule has 4 rings (SSSR count). The van der Waals surface area contributed by atoms with E-state index in [4.69, 9.17) is 0 Å². The number of carbonyl (C=O) groups excluding carboxylic acids is 1. The van der Waals surface area contributed by atoms with Crippen LogP contribution in [0.15, 0.2) is 58.5 Å². The summed E-state index contributed by atoms with van der Waals surface area (Å²) in [6.45, 7) is 1.07. The standard InChI is InChI=1S/C23H27N3O3S/c27-23(25-24-22-14-5-3-10-18-9-2-4-13-21(18)22)19-11-8-12-20(17-19)30(28,29)26-15-6-1-7-16-26/h2,4,8-9,11-13,17H,1,3,5-7,10,14-16H2,(H,25,27)/b24-22+. The Labute approximate surface area is 178 Å². The van der Waals surface area contributed by atoms with Gasteiger partial charge in [-0.15, -0.1) is 0 Å². The van der Waals surface area contributed by atoms with Gasteiger partial charge in [0.2, 0.25) is 10.0 Å². The number of carbonyl (C=O) groups is 1. The number of benzene rings is 2. The number of hydrazone groups is 1. The van der Waals surface area contributed by atoms with E-state index in [0.29, 0.717) is 18.7 Å². The molecule has 0 bridgehead atoms. The monoisotopic (exact) mass is 425 g/mol. The summed E-state index contributed by atoms with van der Waals surface area (Å²) in [7, 11) is -3.58. The van der Waals surface area contributed by atoms with Crippen molar-refractivity contribution in [2.75, 3.05) is 13.1 Å². The van der Waals surface area contributed by atoms with E-state index in [0.717, 1.165) is 56.2 Å². The number of aryl methyl sites for hydroxylation is 1. The second-order valence-corrected chi connectivity index (χ2v) is 9.79. The Bertz CT molecular complexity index is 1060. The highest BCUT2D eigenvalue weighted by Crippen LogP contribution is 2.22. The molecule has 1 amide bonds. The van der Waals surface area contributed by atoms with Gasteiger partial charge in [-0.1, -0.05) is 36.8 Å². The zero-order chi connectivity index (χ0) is 21.0. The second-order valence-electron chi connectivity index (χ2n) is 7.86. The lowest BCUT2D eigenvalue weighted by molar-refractivity contribution is 0.0954. The first-order valence-corrected chi connectivity index (χ1v) is 12.0. The maximum Gasteiger partial charge on any atom is 0.271 e. The molecule has 1 fully saturated rings. The second kappa shape index (κ2) is 9.10. The average Bonchev–Trinajstić information content (AvgIpc) is 3.00. The predicted molar refractivity (Wildman–Crippen MR) is 117 cm³/mol. The molecular weight excluding hydrogens is 398 g/mol. The number of piperidine rings is 1. The number of nitrogens with one attached hydrogen (secondary N) is 1. The van der Waals surface area contributed by atoms with E-state index in [2.05, 4.69) is 16.6 Å². The lowest BCUT2D eigenvalue weighted by Crippen LogP contribution is -2.35. The van der Waals surface area contributed by atoms with Gasteiger partial charge in [-0.3, -0.25) is 4.79 Å². The molecule has 0 aromatic heterocycles. The van der Waals surface area contributed by atoms with Gasteiger partial charge in [-0.25, -0.2) is 13.8 Å². The molecule has 0 radical (unpaired) electrons. The van der Waals surface area contributed by atoms with Gasteiger partial charge in [0.05, 0.1) is 10.6 Å². The third-order valence-electron chi connectivity index (χ3n) is 5.78. The summed E-state index contributed by atoms with van der Waals surface area (Å²) in [4.78, 5) is 12.9. The van der Waals surface area contributed by atoms with Gasteiger partial charge in [0, 0.05) is 24.2 Å². The van der Waals surface area contributed by atoms with E-state index in [9.17, 15) is 13.2 Å². The number of sulfonamides is 1. The van der Waals surface area contributed by atoms with Crippen molar-refractivity contribution in [2.24, 2.45) is 5.10 Å². The van der Waals surface area contributed by atoms with Crippen LogP contribution in [0, 0.1) is 0 Å². The van der Waals surface area contributed by atoms with E-state index >= 15 is 0 Å². The van der Waals surface area contributed by atoms with Crippen molar-refractivity contribution in [3.63, 3.8) is 0 Å². The first-order chi connectivity index (χ1) is 14.6. The van der Waals surface area contributed by atoms with E-state index < -0.39 is 15.9 Å². The molecule has 2 aliphatic rings. The van der Waals surface area contributed by atoms with Crippen LogP contribution in [0.1, 0.15) is 60.0 Å². The molecule has 1 aliphatic carbocycles. The smallest absolute Gasteiger partial charge is 0.267 e. The highest BCUT2D eigenvalue weighted by atomic mass is 32.2. The molecule has 30 heavy (non-hydrogen) atoms. The van der Waals surface area contributed by atoms with Crippen molar-refractivity contribution in [2.45, 2.75) is 49.8 Å². The molecule has 7 heteroatoms. The highest BCUT2D eigenvalue weighted by molar-refractivity contribution is 7.89. The van der Waals surface area contributed by atoms with Crippen LogP contribution in [-0.4, -0.2) is 37.4 Å². The summed E-state index contributed by atoms with van der Waals surface area (Å²) in [5, 5.41) is 4.40. The largest absolute Gasteiger partial charge is 0.271 e. The molecular formula is C23H27N3O3S. The van der Waals surface area contributed by atoms with E-state index in [1.165, 1.54) is 15.9 Å². The molecule has 6 nitrogen and oxygen atoms in total. The van der Waals surface area contributed by atoms with Gasteiger partial charge in [-0.05, 0) is 62.3 Å². The van der Waals surface area contributed by atoms with Crippen molar-refractivity contribution in [1.82, 2.24) is 9.73 Å². The third-order valence-corrected chi connectivity index (χ3v) is 7.67. The van der Waals surface area contributed by atoms with Crippen LogP contribution in [0.5, 0.6) is 0 Å². The molecule has 1 heterocycles. The zero-order valence-electron chi connectivity index (χ0n) is 17.0. The highest BCUT2D eigenvalue weighted by Gasteiger charge is 2.26. The van der Waals surface area contributed by atoms with Crippen LogP contribution in [0.25, 0.3) is 0 Å². The number of amides is 1. The number of fused-ring (bicyclic) bond motifs is 1. The summed E-state index contributed by atoms with van der Waals surface area (Å²) in [6, 6.07) is 14.4. The van der Waals surface area contributed by atoms with Crippen molar-refractivity contribution in [3.05, 3.63) is 65.2 Å². The number of nitrogens with zero attached hydrogens (tertiary/aromatic N) is 2. The predicted octanol–water partition coefficient (Wildman–Crippen LogP) is 3.72. The minimum atomic E-state index is -3.58. The maximum absolute atomic E-state index is 12.9. The van der Waals surface area contributed by atoms with Gasteiger partial charge in [0.25, 0.3) is 5.91 Å². The third kappa shape index (κ3) is 4.47. The minimum absolute atomic E-state index is 0.157. The van der Waals surface area contributed by atoms with Gasteiger partial charge < -0.3 is 0 Å². The Morgan fingerprint density at radius 2 is 1.67 bits per heavy atom. The molecule has 1 N–H and O–H groups in total. The summed E-state index contributed by atoms with van der Waals surface area (Å²) < 4.78 is 27.3. The fraction of sp³-hybridized carbons (Fsp3) is 0.391. The first kappa shape index (κ1) is 20.8. The number of rotatable bonds is 4. The Morgan fingerprint density at radius 1 is 0.900 bits per heavy atom. The molecule has 0 saturated carbocycles. The summed E-state index contributed by atoms with van der Waals surface area (Å²) >= 11 is 0. The van der Waals surface area contributed by atoms with Crippen molar-refractivity contribution < 1.29 is 13.2 Å². The van der Waals surface area contributed by atoms with Gasteiger partial charge in [0.15, 0.2) is 0 Å². The lowest BCUT2D eigenvalue weighted by atomic mass is 10.0. The first-order valence-electron chi connectivity index (χ1n) is 10.6. The molecule has 0 atom stereocenters. The fourth-order valence-corrected chi connectivity index (χ4v) is 5.68. The maximum atomic E-state index is 12.9. The topological polar surface area (TPSA) is 78.8 Å².